The summed E-state index contributed by atoms with van der Waals surface area (Å²) in [6.45, 7) is 0. The van der Waals surface area contributed by atoms with Gasteiger partial charge < -0.3 is 43.0 Å². The SMILES string of the molecule is O=C(O)CC(CC(=O)O)(OC(=O)CCC(=O)OC(CC(=O)O)(CC(=O)O)C(=O)O)C(=O)O.[Fe].[Fe].[H-].[H-].[Na+].[Na+]. The summed E-state index contributed by atoms with van der Waals surface area (Å²) in [5, 5.41) is 53.5. The molecule has 0 bridgehead atoms. The molecule has 198 valence electrons. The molecule has 0 aromatic rings. The number of hydrogen-bond acceptors (Lipinski definition) is 10. The van der Waals surface area contributed by atoms with Crippen molar-refractivity contribution >= 4 is 47.8 Å². The molecular weight excluding hydrogens is 606 g/mol. The Kier molecular flexibility index (Phi) is 24.7. The molecule has 0 aromatic carbocycles. The number of hydrogen-bond donors (Lipinski definition) is 6. The van der Waals surface area contributed by atoms with E-state index in [1.807, 2.05) is 0 Å². The molecule has 0 rings (SSSR count). The smallest absolute Gasteiger partial charge is 1.00 e. The summed E-state index contributed by atoms with van der Waals surface area (Å²) < 4.78 is 8.93. The van der Waals surface area contributed by atoms with E-state index in [1.165, 1.54) is 0 Å². The van der Waals surface area contributed by atoms with Crippen molar-refractivity contribution in [1.29, 1.82) is 0 Å². The van der Waals surface area contributed by atoms with E-state index >= 15 is 0 Å². The maximum Gasteiger partial charge on any atom is 1.00 e. The van der Waals surface area contributed by atoms with Crippen LogP contribution in [0.3, 0.4) is 0 Å². The van der Waals surface area contributed by atoms with Crippen LogP contribution in [0.4, 0.5) is 0 Å². The second kappa shape index (κ2) is 19.8. The number of carbonyl (C=O) groups is 8. The molecule has 0 aliphatic carbocycles. The van der Waals surface area contributed by atoms with Crippen molar-refractivity contribution in [3.63, 3.8) is 0 Å². The number of ether oxygens (including phenoxy) is 2. The van der Waals surface area contributed by atoms with Crippen LogP contribution < -0.4 is 59.1 Å². The Hall–Kier alpha value is -1.20. The Labute approximate surface area is 269 Å². The van der Waals surface area contributed by atoms with E-state index in [0.29, 0.717) is 0 Å². The number of rotatable bonds is 15. The number of carbonyl (C=O) groups excluding carboxylic acids is 2. The van der Waals surface area contributed by atoms with Crippen molar-refractivity contribution in [1.82, 2.24) is 0 Å². The Morgan fingerprint density at radius 2 is 0.694 bits per heavy atom. The molecule has 0 aliphatic rings. The van der Waals surface area contributed by atoms with Gasteiger partial charge in [-0.2, -0.15) is 0 Å². The normalized spacial score (nSPS) is 9.89. The standard InChI is InChI=1S/C16H18O16.2Fe.2Na.2H/c17-7(18)3-15(13(27)28,4-8(19)20)31-11(25)1-2-12(26)32-16(14(29)30,5-9(21)22)6-10(23)24;;;;;;/h1-6H2,(H,17,18)(H,19,20)(H,21,22)(H,23,24)(H,27,28)(H,29,30);;;;;;/q;;;2*+1;2*-1. The summed E-state index contributed by atoms with van der Waals surface area (Å²) in [5.74, 6) is -14.7. The fourth-order valence-corrected chi connectivity index (χ4v) is 2.38. The molecule has 6 N–H and O–H groups in total. The van der Waals surface area contributed by atoms with E-state index in [4.69, 9.17) is 30.6 Å². The maximum atomic E-state index is 11.9. The molecule has 0 aliphatic heterocycles. The third-order valence-corrected chi connectivity index (χ3v) is 3.68. The van der Waals surface area contributed by atoms with E-state index in [1.54, 1.807) is 0 Å². The van der Waals surface area contributed by atoms with Crippen molar-refractivity contribution in [2.24, 2.45) is 0 Å². The minimum atomic E-state index is -3.02. The molecule has 0 unspecified atom stereocenters. The Morgan fingerprint density at radius 1 is 0.500 bits per heavy atom. The van der Waals surface area contributed by atoms with Gasteiger partial charge in [0.05, 0.1) is 38.5 Å². The molecule has 0 radical (unpaired) electrons. The fourth-order valence-electron chi connectivity index (χ4n) is 2.38. The predicted octanol–water partition coefficient (Wildman–Crippen LogP) is -7.37. The van der Waals surface area contributed by atoms with Gasteiger partial charge in [-0.25, -0.2) is 9.59 Å². The van der Waals surface area contributed by atoms with Crippen LogP contribution in [0, 0.1) is 0 Å². The van der Waals surface area contributed by atoms with Gasteiger partial charge >= 0.3 is 107 Å². The van der Waals surface area contributed by atoms with Crippen LogP contribution in [0.5, 0.6) is 0 Å². The average Bonchev–Trinajstić information content (AvgIpc) is 2.57. The predicted molar refractivity (Wildman–Crippen MR) is 93.4 cm³/mol. The second-order valence-electron chi connectivity index (χ2n) is 6.33. The van der Waals surface area contributed by atoms with Gasteiger partial charge in [-0.15, -0.1) is 0 Å². The molecule has 16 nitrogen and oxygen atoms in total. The molecule has 20 heteroatoms. The Bertz CT molecular complexity index is 757. The van der Waals surface area contributed by atoms with Crippen LogP contribution in [0.1, 0.15) is 41.4 Å². The number of carboxylic acids is 6. The van der Waals surface area contributed by atoms with Crippen molar-refractivity contribution < 1.29 is 175 Å². The summed E-state index contributed by atoms with van der Waals surface area (Å²) in [5.41, 5.74) is -6.04. The van der Waals surface area contributed by atoms with Crippen LogP contribution in [-0.4, -0.2) is 89.6 Å². The number of carboxylic acid groups (broad SMARTS) is 6. The quantitative estimate of drug-likeness (QED) is 0.0728. The summed E-state index contributed by atoms with van der Waals surface area (Å²) >= 11 is 0. The summed E-state index contributed by atoms with van der Waals surface area (Å²) in [6.07, 6.45) is -7.89. The molecule has 0 saturated carbocycles. The van der Waals surface area contributed by atoms with Crippen LogP contribution >= 0.6 is 0 Å². The largest absolute Gasteiger partial charge is 1.00 e. The van der Waals surface area contributed by atoms with Gasteiger partial charge in [0, 0.05) is 34.1 Å². The molecule has 0 saturated heterocycles. The van der Waals surface area contributed by atoms with Gasteiger partial charge in [0.15, 0.2) is 0 Å². The Balaban J connectivity index is -0.000000320. The summed E-state index contributed by atoms with van der Waals surface area (Å²) in [7, 11) is 0. The van der Waals surface area contributed by atoms with Crippen LogP contribution in [0.25, 0.3) is 0 Å². The Morgan fingerprint density at radius 3 is 0.833 bits per heavy atom. The van der Waals surface area contributed by atoms with Gasteiger partial charge in [0.1, 0.15) is 0 Å². The third kappa shape index (κ3) is 15.8. The maximum absolute atomic E-state index is 11.9. The first kappa shape index (κ1) is 44.8. The molecule has 0 amide bonds. The van der Waals surface area contributed by atoms with Crippen LogP contribution in [0.15, 0.2) is 0 Å². The van der Waals surface area contributed by atoms with Crippen molar-refractivity contribution in [2.75, 3.05) is 0 Å². The summed E-state index contributed by atoms with van der Waals surface area (Å²) in [6, 6.07) is 0. The molecule has 36 heavy (non-hydrogen) atoms. The summed E-state index contributed by atoms with van der Waals surface area (Å²) in [4.78, 5) is 90.0. The molecule has 0 heterocycles. The first-order chi connectivity index (χ1) is 14.5. The average molecular weight is 626 g/mol. The minimum Gasteiger partial charge on any atom is -1.00 e. The van der Waals surface area contributed by atoms with Gasteiger partial charge in [-0.1, -0.05) is 0 Å². The molecule has 0 aromatic heterocycles. The topological polar surface area (TPSA) is 276 Å². The number of esters is 2. The van der Waals surface area contributed by atoms with Crippen LogP contribution in [0.2, 0.25) is 0 Å². The molecule has 0 atom stereocenters. The molecular formula is C16H20Fe2Na2O16. The minimum absolute atomic E-state index is 0. The zero-order chi connectivity index (χ0) is 25.3. The van der Waals surface area contributed by atoms with Crippen molar-refractivity contribution in [2.45, 2.75) is 49.7 Å². The van der Waals surface area contributed by atoms with Gasteiger partial charge in [0.25, 0.3) is 0 Å². The first-order valence-corrected chi connectivity index (χ1v) is 8.33. The van der Waals surface area contributed by atoms with Crippen molar-refractivity contribution in [3.8, 4) is 0 Å². The van der Waals surface area contributed by atoms with E-state index in [9.17, 15) is 38.4 Å². The third-order valence-electron chi connectivity index (χ3n) is 3.68. The van der Waals surface area contributed by atoms with Gasteiger partial charge in [0.2, 0.25) is 11.2 Å². The molecule has 0 fully saturated rings. The van der Waals surface area contributed by atoms with E-state index in [-0.39, 0.29) is 96.1 Å². The fraction of sp³-hybridized carbons (Fsp3) is 0.500. The van der Waals surface area contributed by atoms with E-state index in [2.05, 4.69) is 9.47 Å². The van der Waals surface area contributed by atoms with E-state index < -0.39 is 97.5 Å². The van der Waals surface area contributed by atoms with Crippen LogP contribution in [-0.2, 0) is 82.0 Å². The zero-order valence-corrected chi connectivity index (χ0v) is 24.9. The monoisotopic (exact) mass is 626 g/mol. The second-order valence-corrected chi connectivity index (χ2v) is 6.33. The first-order valence-electron chi connectivity index (χ1n) is 8.33. The number of aliphatic carboxylic acids is 6. The van der Waals surface area contributed by atoms with E-state index in [0.717, 1.165) is 0 Å². The molecule has 0 spiro atoms. The zero-order valence-electron chi connectivity index (χ0n) is 20.7. The van der Waals surface area contributed by atoms with Gasteiger partial charge in [-0.05, 0) is 0 Å². The van der Waals surface area contributed by atoms with Gasteiger partial charge in [-0.3, -0.25) is 28.8 Å². The van der Waals surface area contributed by atoms with Crippen molar-refractivity contribution in [3.05, 3.63) is 0 Å².